The number of thiophene rings is 1. The van der Waals surface area contributed by atoms with E-state index in [4.69, 9.17) is 0 Å². The number of hydrogen-bond donors (Lipinski definition) is 2. The molecular formula is C17H26N4OS. The van der Waals surface area contributed by atoms with Crippen molar-refractivity contribution in [2.45, 2.75) is 53.6 Å². The molecule has 1 unspecified atom stereocenters. The first-order valence-corrected chi connectivity index (χ1v) is 8.81. The number of rotatable bonds is 6. The minimum absolute atomic E-state index is 0.0240. The maximum Gasteiger partial charge on any atom is 0.315 e. The Bertz CT molecular complexity index is 674. The summed E-state index contributed by atoms with van der Waals surface area (Å²) in [6.07, 6.45) is 0.861. The van der Waals surface area contributed by atoms with Crippen LogP contribution in [0.2, 0.25) is 0 Å². The topological polar surface area (TPSA) is 59.0 Å². The molecule has 2 aromatic rings. The second-order valence-corrected chi connectivity index (χ2v) is 7.45. The van der Waals surface area contributed by atoms with Gasteiger partial charge in [0, 0.05) is 28.5 Å². The molecule has 0 aromatic carbocycles. The SMILES string of the molecule is Cc1cc(C)n(CCCNC(=O)NC(C)c2cc(C)sc2C)n1. The van der Waals surface area contributed by atoms with Crippen LogP contribution in [0, 0.1) is 27.7 Å². The van der Waals surface area contributed by atoms with Crippen LogP contribution < -0.4 is 10.6 Å². The van der Waals surface area contributed by atoms with Crippen molar-refractivity contribution in [1.82, 2.24) is 20.4 Å². The molecule has 0 aliphatic carbocycles. The lowest BCUT2D eigenvalue weighted by Gasteiger charge is -2.15. The highest BCUT2D eigenvalue weighted by Crippen LogP contribution is 2.25. The molecule has 0 aliphatic heterocycles. The summed E-state index contributed by atoms with van der Waals surface area (Å²) in [5.74, 6) is 0. The molecule has 2 rings (SSSR count). The zero-order valence-electron chi connectivity index (χ0n) is 14.6. The van der Waals surface area contributed by atoms with Crippen molar-refractivity contribution >= 4 is 17.4 Å². The van der Waals surface area contributed by atoms with E-state index in [0.29, 0.717) is 6.54 Å². The minimum Gasteiger partial charge on any atom is -0.338 e. The lowest BCUT2D eigenvalue weighted by atomic mass is 10.1. The molecule has 0 aliphatic rings. The molecule has 0 fully saturated rings. The van der Waals surface area contributed by atoms with Crippen molar-refractivity contribution in [3.05, 3.63) is 38.8 Å². The third-order valence-electron chi connectivity index (χ3n) is 3.83. The first kappa shape index (κ1) is 17.5. The van der Waals surface area contributed by atoms with Gasteiger partial charge in [0.05, 0.1) is 11.7 Å². The largest absolute Gasteiger partial charge is 0.338 e. The van der Waals surface area contributed by atoms with Crippen molar-refractivity contribution in [1.29, 1.82) is 0 Å². The van der Waals surface area contributed by atoms with Crippen LogP contribution in [0.3, 0.4) is 0 Å². The number of hydrogen-bond acceptors (Lipinski definition) is 3. The van der Waals surface area contributed by atoms with E-state index in [1.807, 2.05) is 25.5 Å². The van der Waals surface area contributed by atoms with Crippen molar-refractivity contribution in [3.8, 4) is 0 Å². The fraction of sp³-hybridized carbons (Fsp3) is 0.529. The standard InChI is InChI=1S/C17H26N4OS/c1-11-9-12(2)21(20-11)8-6-7-18-17(22)19-14(4)16-10-13(3)23-15(16)5/h9-10,14H,6-8H2,1-5H3,(H2,18,19,22). The normalized spacial score (nSPS) is 12.2. The molecule has 2 aromatic heterocycles. The molecule has 5 nitrogen and oxygen atoms in total. The third-order valence-corrected chi connectivity index (χ3v) is 4.81. The minimum atomic E-state index is -0.117. The van der Waals surface area contributed by atoms with Gasteiger partial charge in [0.15, 0.2) is 0 Å². The lowest BCUT2D eigenvalue weighted by Crippen LogP contribution is -2.37. The van der Waals surface area contributed by atoms with Gasteiger partial charge in [0.25, 0.3) is 0 Å². The number of aryl methyl sites for hydroxylation is 5. The van der Waals surface area contributed by atoms with E-state index in [2.05, 4.69) is 41.7 Å². The van der Waals surface area contributed by atoms with Gasteiger partial charge in [-0.25, -0.2) is 4.79 Å². The maximum atomic E-state index is 12.0. The molecule has 23 heavy (non-hydrogen) atoms. The summed E-state index contributed by atoms with van der Waals surface area (Å²) in [7, 11) is 0. The van der Waals surface area contributed by atoms with Gasteiger partial charge in [-0.1, -0.05) is 0 Å². The summed E-state index contributed by atoms with van der Waals surface area (Å²) in [5, 5.41) is 10.3. The van der Waals surface area contributed by atoms with Crippen LogP contribution in [0.25, 0.3) is 0 Å². The Hall–Kier alpha value is -1.82. The summed E-state index contributed by atoms with van der Waals surface area (Å²) < 4.78 is 1.98. The zero-order valence-corrected chi connectivity index (χ0v) is 15.4. The molecule has 0 radical (unpaired) electrons. The Balaban J connectivity index is 1.73. The predicted octanol–water partition coefficient (Wildman–Crippen LogP) is 3.63. The van der Waals surface area contributed by atoms with Crippen molar-refractivity contribution in [3.63, 3.8) is 0 Å². The van der Waals surface area contributed by atoms with E-state index >= 15 is 0 Å². The average molecular weight is 334 g/mol. The smallest absolute Gasteiger partial charge is 0.315 e. The highest BCUT2D eigenvalue weighted by molar-refractivity contribution is 7.12. The van der Waals surface area contributed by atoms with Gasteiger partial charge < -0.3 is 10.6 Å². The van der Waals surface area contributed by atoms with Crippen molar-refractivity contribution in [2.24, 2.45) is 0 Å². The van der Waals surface area contributed by atoms with E-state index < -0.39 is 0 Å². The van der Waals surface area contributed by atoms with E-state index in [-0.39, 0.29) is 12.1 Å². The van der Waals surface area contributed by atoms with Gasteiger partial charge in [-0.3, -0.25) is 4.68 Å². The second kappa shape index (κ2) is 7.64. The number of urea groups is 1. The fourth-order valence-electron chi connectivity index (χ4n) is 2.74. The summed E-state index contributed by atoms with van der Waals surface area (Å²) in [5.41, 5.74) is 3.39. The van der Waals surface area contributed by atoms with Gasteiger partial charge in [-0.15, -0.1) is 11.3 Å². The van der Waals surface area contributed by atoms with Gasteiger partial charge in [0.2, 0.25) is 0 Å². The number of carbonyl (C=O) groups is 1. The zero-order chi connectivity index (χ0) is 17.0. The quantitative estimate of drug-likeness (QED) is 0.793. The van der Waals surface area contributed by atoms with E-state index in [1.54, 1.807) is 11.3 Å². The van der Waals surface area contributed by atoms with Gasteiger partial charge in [-0.2, -0.15) is 5.10 Å². The highest BCUT2D eigenvalue weighted by Gasteiger charge is 2.13. The Morgan fingerprint density at radius 3 is 2.61 bits per heavy atom. The van der Waals surface area contributed by atoms with Gasteiger partial charge >= 0.3 is 6.03 Å². The van der Waals surface area contributed by atoms with E-state index in [1.165, 1.54) is 15.3 Å². The van der Waals surface area contributed by atoms with Crippen LogP contribution in [-0.4, -0.2) is 22.4 Å². The van der Waals surface area contributed by atoms with Gasteiger partial charge in [-0.05, 0) is 58.7 Å². The van der Waals surface area contributed by atoms with Crippen LogP contribution in [0.4, 0.5) is 4.79 Å². The van der Waals surface area contributed by atoms with Crippen LogP contribution in [0.15, 0.2) is 12.1 Å². The molecule has 0 saturated carbocycles. The van der Waals surface area contributed by atoms with Crippen molar-refractivity contribution < 1.29 is 4.79 Å². The molecule has 0 spiro atoms. The molecule has 2 heterocycles. The van der Waals surface area contributed by atoms with Crippen LogP contribution in [0.1, 0.15) is 46.1 Å². The number of carbonyl (C=O) groups excluding carboxylic acids is 1. The first-order valence-electron chi connectivity index (χ1n) is 7.99. The predicted molar refractivity (Wildman–Crippen MR) is 95.1 cm³/mol. The summed E-state index contributed by atoms with van der Waals surface area (Å²) in [6.45, 7) is 11.7. The van der Waals surface area contributed by atoms with Crippen molar-refractivity contribution in [2.75, 3.05) is 6.54 Å². The number of aromatic nitrogens is 2. The molecule has 0 bridgehead atoms. The molecule has 2 amide bonds. The van der Waals surface area contributed by atoms with Crippen LogP contribution in [-0.2, 0) is 6.54 Å². The van der Waals surface area contributed by atoms with E-state index in [9.17, 15) is 4.79 Å². The molecular weight excluding hydrogens is 308 g/mol. The number of nitrogens with one attached hydrogen (secondary N) is 2. The van der Waals surface area contributed by atoms with E-state index in [0.717, 1.165) is 24.4 Å². The lowest BCUT2D eigenvalue weighted by molar-refractivity contribution is 0.237. The highest BCUT2D eigenvalue weighted by atomic mass is 32.1. The monoisotopic (exact) mass is 334 g/mol. The Morgan fingerprint density at radius 2 is 2.04 bits per heavy atom. The fourth-order valence-corrected chi connectivity index (χ4v) is 3.76. The molecule has 0 saturated heterocycles. The molecule has 1 atom stereocenters. The summed E-state index contributed by atoms with van der Waals surface area (Å²) in [6, 6.07) is 4.12. The molecule has 6 heteroatoms. The first-order chi connectivity index (χ1) is 10.9. The third kappa shape index (κ3) is 4.82. The summed E-state index contributed by atoms with van der Waals surface area (Å²) >= 11 is 1.77. The summed E-state index contributed by atoms with van der Waals surface area (Å²) in [4.78, 5) is 14.5. The second-order valence-electron chi connectivity index (χ2n) is 5.99. The molecule has 126 valence electrons. The number of nitrogens with zero attached hydrogens (tertiary/aromatic N) is 2. The average Bonchev–Trinajstić information content (AvgIpc) is 2.96. The maximum absolute atomic E-state index is 12.0. The Labute approximate surface area is 142 Å². The Morgan fingerprint density at radius 1 is 1.30 bits per heavy atom. The van der Waals surface area contributed by atoms with Gasteiger partial charge in [0.1, 0.15) is 0 Å². The molecule has 2 N–H and O–H groups in total. The van der Waals surface area contributed by atoms with Crippen LogP contribution in [0.5, 0.6) is 0 Å². The number of amides is 2. The van der Waals surface area contributed by atoms with Crippen LogP contribution >= 0.6 is 11.3 Å². The Kier molecular flexibility index (Phi) is 5.82.